The van der Waals surface area contributed by atoms with Gasteiger partial charge in [0.2, 0.25) is 5.88 Å². The number of aliphatic imine (C=N–C) groups is 1. The van der Waals surface area contributed by atoms with E-state index in [1.54, 1.807) is 20.4 Å². The summed E-state index contributed by atoms with van der Waals surface area (Å²) in [7, 11) is 5.38. The minimum absolute atomic E-state index is 0. The lowest BCUT2D eigenvalue weighted by Gasteiger charge is -2.22. The summed E-state index contributed by atoms with van der Waals surface area (Å²) < 4.78 is 5.13. The van der Waals surface area contributed by atoms with Crippen molar-refractivity contribution in [1.29, 1.82) is 0 Å². The lowest BCUT2D eigenvalue weighted by atomic mass is 10.2. The van der Waals surface area contributed by atoms with Crippen LogP contribution in [-0.4, -0.2) is 37.0 Å². The van der Waals surface area contributed by atoms with E-state index >= 15 is 0 Å². The van der Waals surface area contributed by atoms with Gasteiger partial charge in [-0.15, -0.1) is 24.0 Å². The van der Waals surface area contributed by atoms with Crippen molar-refractivity contribution in [2.24, 2.45) is 4.99 Å². The van der Waals surface area contributed by atoms with Gasteiger partial charge in [-0.25, -0.2) is 4.98 Å². The van der Waals surface area contributed by atoms with Crippen LogP contribution in [0.15, 0.2) is 47.6 Å². The van der Waals surface area contributed by atoms with Crippen LogP contribution in [0.1, 0.15) is 11.1 Å². The lowest BCUT2D eigenvalue weighted by Crippen LogP contribution is -2.38. The molecule has 130 valence electrons. The lowest BCUT2D eigenvalue weighted by molar-refractivity contribution is 0.397. The van der Waals surface area contributed by atoms with Gasteiger partial charge in [-0.1, -0.05) is 23.7 Å². The van der Waals surface area contributed by atoms with E-state index in [1.165, 1.54) is 5.56 Å². The van der Waals surface area contributed by atoms with E-state index in [2.05, 4.69) is 20.2 Å². The van der Waals surface area contributed by atoms with E-state index in [4.69, 9.17) is 16.3 Å². The highest BCUT2D eigenvalue weighted by atomic mass is 127. The number of benzene rings is 1. The maximum atomic E-state index is 5.92. The zero-order valence-corrected chi connectivity index (χ0v) is 17.1. The van der Waals surface area contributed by atoms with Crippen LogP contribution < -0.4 is 10.1 Å². The van der Waals surface area contributed by atoms with Crippen LogP contribution in [0.4, 0.5) is 0 Å². The van der Waals surface area contributed by atoms with Crippen LogP contribution in [0, 0.1) is 0 Å². The van der Waals surface area contributed by atoms with Gasteiger partial charge in [0, 0.05) is 44.5 Å². The Labute approximate surface area is 165 Å². The zero-order valence-electron chi connectivity index (χ0n) is 14.0. The smallest absolute Gasteiger partial charge is 0.213 e. The Morgan fingerprint density at radius 2 is 1.96 bits per heavy atom. The SMILES string of the molecule is CN=C(NCc1ccnc(OC)c1)N(C)Cc1ccc(Cl)cc1.I. The highest BCUT2D eigenvalue weighted by Gasteiger charge is 2.07. The molecule has 0 aliphatic carbocycles. The fourth-order valence-electron chi connectivity index (χ4n) is 2.18. The molecule has 0 atom stereocenters. The standard InChI is InChI=1S/C17H21ClN4O.HI/c1-19-17(21-11-14-8-9-20-16(10-14)23-3)22(2)12-13-4-6-15(18)7-5-13;/h4-10H,11-12H2,1-3H3,(H,19,21);1H. The predicted octanol–water partition coefficient (Wildman–Crippen LogP) is 3.57. The van der Waals surface area contributed by atoms with E-state index in [-0.39, 0.29) is 24.0 Å². The van der Waals surface area contributed by atoms with Crippen molar-refractivity contribution in [2.45, 2.75) is 13.1 Å². The molecule has 0 fully saturated rings. The number of halogens is 2. The fourth-order valence-corrected chi connectivity index (χ4v) is 2.30. The van der Waals surface area contributed by atoms with Crippen molar-refractivity contribution in [3.05, 3.63) is 58.7 Å². The highest BCUT2D eigenvalue weighted by molar-refractivity contribution is 14.0. The Morgan fingerprint density at radius 1 is 1.25 bits per heavy atom. The summed E-state index contributed by atoms with van der Waals surface area (Å²) in [5.74, 6) is 1.42. The highest BCUT2D eigenvalue weighted by Crippen LogP contribution is 2.11. The largest absolute Gasteiger partial charge is 0.481 e. The molecular weight excluding hydrogens is 439 g/mol. The Balaban J connectivity index is 0.00000288. The third kappa shape index (κ3) is 6.16. The maximum Gasteiger partial charge on any atom is 0.213 e. The molecule has 24 heavy (non-hydrogen) atoms. The molecule has 1 aromatic heterocycles. The van der Waals surface area contributed by atoms with E-state index in [1.807, 2.05) is 43.4 Å². The van der Waals surface area contributed by atoms with Gasteiger partial charge in [0.25, 0.3) is 0 Å². The maximum absolute atomic E-state index is 5.92. The molecule has 2 rings (SSSR count). The number of rotatable bonds is 5. The predicted molar refractivity (Wildman–Crippen MR) is 109 cm³/mol. The topological polar surface area (TPSA) is 49.8 Å². The third-order valence-electron chi connectivity index (χ3n) is 3.37. The second-order valence-corrected chi connectivity index (χ2v) is 5.53. The number of nitrogens with zero attached hydrogens (tertiary/aromatic N) is 3. The average Bonchev–Trinajstić information content (AvgIpc) is 2.57. The summed E-state index contributed by atoms with van der Waals surface area (Å²) in [5, 5.41) is 4.08. The number of pyridine rings is 1. The Morgan fingerprint density at radius 3 is 2.58 bits per heavy atom. The number of ether oxygens (including phenoxy) is 1. The molecule has 0 aliphatic heterocycles. The molecule has 0 amide bonds. The Bertz CT molecular complexity index is 664. The molecule has 0 saturated heterocycles. The van der Waals surface area contributed by atoms with Crippen LogP contribution in [0.2, 0.25) is 5.02 Å². The van der Waals surface area contributed by atoms with Crippen molar-refractivity contribution >= 4 is 41.5 Å². The molecule has 0 bridgehead atoms. The summed E-state index contributed by atoms with van der Waals surface area (Å²) in [6, 6.07) is 11.7. The number of aromatic nitrogens is 1. The summed E-state index contributed by atoms with van der Waals surface area (Å²) in [4.78, 5) is 10.5. The first kappa shape index (κ1) is 20.5. The van der Waals surface area contributed by atoms with Crippen LogP contribution in [0.5, 0.6) is 5.88 Å². The molecule has 0 radical (unpaired) electrons. The molecule has 5 nitrogen and oxygen atoms in total. The Kier molecular flexibility index (Phi) is 8.84. The van der Waals surface area contributed by atoms with Gasteiger partial charge in [-0.05, 0) is 29.3 Å². The van der Waals surface area contributed by atoms with Gasteiger partial charge in [0.05, 0.1) is 7.11 Å². The van der Waals surface area contributed by atoms with Crippen LogP contribution in [0.3, 0.4) is 0 Å². The van der Waals surface area contributed by atoms with E-state index in [9.17, 15) is 0 Å². The summed E-state index contributed by atoms with van der Waals surface area (Å²) in [5.41, 5.74) is 2.25. The van der Waals surface area contributed by atoms with Gasteiger partial charge in [0.15, 0.2) is 5.96 Å². The van der Waals surface area contributed by atoms with Crippen LogP contribution in [0.25, 0.3) is 0 Å². The van der Waals surface area contributed by atoms with Gasteiger partial charge in [-0.2, -0.15) is 0 Å². The first-order chi connectivity index (χ1) is 11.1. The molecule has 0 saturated carbocycles. The molecule has 7 heteroatoms. The number of methoxy groups -OCH3 is 1. The number of hydrogen-bond acceptors (Lipinski definition) is 3. The molecule has 2 aromatic rings. The number of hydrogen-bond donors (Lipinski definition) is 1. The summed E-state index contributed by atoms with van der Waals surface area (Å²) in [6.07, 6.45) is 1.73. The molecule has 1 heterocycles. The van der Waals surface area contributed by atoms with E-state index in [0.717, 1.165) is 23.1 Å². The van der Waals surface area contributed by atoms with Crippen LogP contribution in [-0.2, 0) is 13.1 Å². The first-order valence-electron chi connectivity index (χ1n) is 7.27. The monoisotopic (exact) mass is 460 g/mol. The van der Waals surface area contributed by atoms with Crippen molar-refractivity contribution in [3.8, 4) is 5.88 Å². The number of guanidine groups is 1. The van der Waals surface area contributed by atoms with E-state index in [0.29, 0.717) is 12.4 Å². The summed E-state index contributed by atoms with van der Waals surface area (Å²) in [6.45, 7) is 1.40. The molecule has 1 N–H and O–H groups in total. The van der Waals surface area contributed by atoms with Gasteiger partial charge in [-0.3, -0.25) is 4.99 Å². The van der Waals surface area contributed by atoms with Crippen molar-refractivity contribution in [3.63, 3.8) is 0 Å². The molecular formula is C17H22ClIN4O. The molecule has 1 aromatic carbocycles. The van der Waals surface area contributed by atoms with Gasteiger partial charge in [0.1, 0.15) is 0 Å². The fraction of sp³-hybridized carbons (Fsp3) is 0.294. The van der Waals surface area contributed by atoms with Crippen molar-refractivity contribution < 1.29 is 4.74 Å². The third-order valence-corrected chi connectivity index (χ3v) is 3.62. The second-order valence-electron chi connectivity index (χ2n) is 5.09. The zero-order chi connectivity index (χ0) is 16.7. The molecule has 0 aliphatic rings. The molecule has 0 unspecified atom stereocenters. The quantitative estimate of drug-likeness (QED) is 0.421. The second kappa shape index (κ2) is 10.4. The average molecular weight is 461 g/mol. The molecule has 0 spiro atoms. The van der Waals surface area contributed by atoms with Crippen LogP contribution >= 0.6 is 35.6 Å². The minimum Gasteiger partial charge on any atom is -0.481 e. The number of nitrogens with one attached hydrogen (secondary N) is 1. The Hall–Kier alpha value is -1.54. The summed E-state index contributed by atoms with van der Waals surface area (Å²) >= 11 is 5.92. The minimum atomic E-state index is 0. The van der Waals surface area contributed by atoms with Gasteiger partial charge >= 0.3 is 0 Å². The van der Waals surface area contributed by atoms with Crippen molar-refractivity contribution in [2.75, 3.05) is 21.2 Å². The first-order valence-corrected chi connectivity index (χ1v) is 7.65. The van der Waals surface area contributed by atoms with E-state index < -0.39 is 0 Å². The van der Waals surface area contributed by atoms with Gasteiger partial charge < -0.3 is 15.0 Å². The van der Waals surface area contributed by atoms with Crippen molar-refractivity contribution in [1.82, 2.24) is 15.2 Å². The normalized spacial score (nSPS) is 10.8.